The van der Waals surface area contributed by atoms with E-state index in [1.165, 1.54) is 23.5 Å². The Bertz CT molecular complexity index is 1430. The number of imidazole rings is 1. The number of aromatic amines is 1. The number of fused-ring (bicyclic) bond motifs is 4. The summed E-state index contributed by atoms with van der Waals surface area (Å²) < 4.78 is 42.7. The molecule has 1 saturated carbocycles. The fourth-order valence-corrected chi connectivity index (χ4v) is 6.65. The summed E-state index contributed by atoms with van der Waals surface area (Å²) in [4.78, 5) is 45.1. The second-order valence-corrected chi connectivity index (χ2v) is 11.3. The van der Waals surface area contributed by atoms with Crippen molar-refractivity contribution in [3.05, 3.63) is 29.3 Å². The standard InChI is InChI=1S/C19H25N9O9P2/c20-18-26-15-12(16(30)27-18)24-7-28(15)17-14-13(29)11(35-17)4-34-39(31,32)37-10-2-9(1-8(10)3-33-38-36-14)25-19-22-5-21-6-23-19/h5-11,13-14,17,29,38H,1-4H2,(H,31,32)(H3,20,26,27,30)(H,21,22,23,25)/t8-,9-,10+,11-,13-,14-,17-/m1/s1. The summed E-state index contributed by atoms with van der Waals surface area (Å²) in [6.45, 7) is -0.348. The van der Waals surface area contributed by atoms with Gasteiger partial charge in [-0.3, -0.25) is 23.4 Å². The van der Waals surface area contributed by atoms with Crippen LogP contribution in [-0.4, -0.2) is 88.1 Å². The Morgan fingerprint density at radius 2 is 2.03 bits per heavy atom. The lowest BCUT2D eigenvalue weighted by Crippen LogP contribution is -2.34. The number of H-pyrrole nitrogens is 1. The zero-order chi connectivity index (χ0) is 27.1. The van der Waals surface area contributed by atoms with Gasteiger partial charge in [-0.2, -0.15) is 4.98 Å². The number of phosphoric acid groups is 1. The third kappa shape index (κ3) is 5.52. The summed E-state index contributed by atoms with van der Waals surface area (Å²) in [5.74, 6) is -0.0430. The minimum atomic E-state index is -4.57. The number of aliphatic hydroxyl groups excluding tert-OH is 1. The van der Waals surface area contributed by atoms with E-state index in [-0.39, 0.29) is 35.7 Å². The van der Waals surface area contributed by atoms with Crippen LogP contribution in [0.5, 0.6) is 0 Å². The highest BCUT2D eigenvalue weighted by Crippen LogP contribution is 2.50. The number of nitrogens with zero attached hydrogens (tertiary/aromatic N) is 6. The highest BCUT2D eigenvalue weighted by Gasteiger charge is 2.48. The van der Waals surface area contributed by atoms with Crippen molar-refractivity contribution in [3.8, 4) is 0 Å². The topological polar surface area (TPSA) is 244 Å². The first kappa shape index (κ1) is 26.6. The highest BCUT2D eigenvalue weighted by atomic mass is 31.2. The fraction of sp³-hybridized carbons (Fsp3) is 0.579. The SMILES string of the molecule is Nc1nc2c(ncn2[C@@H]2O[C@@H]3COP(=O)(O)O[C@H]4C[C@H](Nc5ncncn5)C[C@@H]4COPO[C@@H]2[C@@H]3O)c(=O)[nH]1. The summed E-state index contributed by atoms with van der Waals surface area (Å²) in [5.41, 5.74) is 5.26. The number of nitrogens with two attached hydrogens (primary N) is 1. The smallest absolute Gasteiger partial charge is 0.387 e. The van der Waals surface area contributed by atoms with E-state index in [2.05, 4.69) is 35.2 Å². The van der Waals surface area contributed by atoms with Crippen LogP contribution in [0.3, 0.4) is 0 Å². The Morgan fingerprint density at radius 3 is 2.85 bits per heavy atom. The van der Waals surface area contributed by atoms with Gasteiger partial charge in [-0.05, 0) is 12.8 Å². The first-order chi connectivity index (χ1) is 18.8. The van der Waals surface area contributed by atoms with Gasteiger partial charge in [0.2, 0.25) is 11.9 Å². The van der Waals surface area contributed by atoms with Crippen molar-refractivity contribution in [1.82, 2.24) is 34.5 Å². The summed E-state index contributed by atoms with van der Waals surface area (Å²) >= 11 is 0. The molecule has 5 heterocycles. The third-order valence-corrected chi connectivity index (χ3v) is 8.37. The second kappa shape index (κ2) is 10.7. The van der Waals surface area contributed by atoms with Crippen molar-refractivity contribution < 1.29 is 37.4 Å². The molecule has 2 unspecified atom stereocenters. The van der Waals surface area contributed by atoms with Crippen molar-refractivity contribution in [3.63, 3.8) is 0 Å². The maximum Gasteiger partial charge on any atom is 0.472 e. The van der Waals surface area contributed by atoms with Gasteiger partial charge in [0.1, 0.15) is 31.0 Å². The van der Waals surface area contributed by atoms with Crippen LogP contribution >= 0.6 is 16.9 Å². The molecule has 39 heavy (non-hydrogen) atoms. The van der Waals surface area contributed by atoms with E-state index in [4.69, 9.17) is 28.6 Å². The van der Waals surface area contributed by atoms with Crippen molar-refractivity contribution in [2.45, 2.75) is 49.5 Å². The predicted octanol–water partition coefficient (Wildman–Crippen LogP) is -0.538. The predicted molar refractivity (Wildman–Crippen MR) is 132 cm³/mol. The van der Waals surface area contributed by atoms with Crippen LogP contribution in [0.2, 0.25) is 0 Å². The van der Waals surface area contributed by atoms with E-state index in [9.17, 15) is 19.4 Å². The number of rotatable bonds is 3. The van der Waals surface area contributed by atoms with E-state index in [0.29, 0.717) is 18.8 Å². The molecule has 3 aromatic rings. The van der Waals surface area contributed by atoms with E-state index in [0.717, 1.165) is 0 Å². The average Bonchev–Trinajstić information content (AvgIpc) is 3.56. The van der Waals surface area contributed by atoms with Crippen molar-refractivity contribution in [2.75, 3.05) is 24.3 Å². The number of aromatic nitrogens is 7. The molecule has 2 aliphatic heterocycles. The number of ether oxygens (including phenoxy) is 1. The van der Waals surface area contributed by atoms with Gasteiger partial charge in [-0.1, -0.05) is 0 Å². The van der Waals surface area contributed by atoms with E-state index in [1.807, 2.05) is 0 Å². The number of nitrogens with one attached hydrogen (secondary N) is 2. The van der Waals surface area contributed by atoms with Gasteiger partial charge in [0.15, 0.2) is 26.4 Å². The molecule has 2 saturated heterocycles. The van der Waals surface area contributed by atoms with Crippen LogP contribution < -0.4 is 16.6 Å². The number of aliphatic hydroxyl groups is 1. The number of phosphoric ester groups is 1. The monoisotopic (exact) mass is 585 g/mol. The maximum atomic E-state index is 12.9. The lowest BCUT2D eigenvalue weighted by Gasteiger charge is -2.24. The fourth-order valence-electron chi connectivity index (χ4n) is 4.94. The van der Waals surface area contributed by atoms with Gasteiger partial charge in [0.25, 0.3) is 5.56 Å². The van der Waals surface area contributed by atoms with Gasteiger partial charge in [-0.25, -0.2) is 24.5 Å². The lowest BCUT2D eigenvalue weighted by molar-refractivity contribution is -0.0523. The molecule has 9 atom stereocenters. The summed E-state index contributed by atoms with van der Waals surface area (Å²) in [6.07, 6.45) is -0.183. The Morgan fingerprint density at radius 1 is 1.21 bits per heavy atom. The quantitative estimate of drug-likeness (QED) is 0.242. The summed E-state index contributed by atoms with van der Waals surface area (Å²) in [7, 11) is -5.09. The average molecular weight is 585 g/mol. The number of anilines is 2. The van der Waals surface area contributed by atoms with E-state index < -0.39 is 59.7 Å². The molecule has 3 aliphatic rings. The lowest BCUT2D eigenvalue weighted by atomic mass is 10.1. The molecule has 0 spiro atoms. The Hall–Kier alpha value is -2.66. The molecule has 6 rings (SSSR count). The zero-order valence-corrected chi connectivity index (χ0v) is 22.0. The molecule has 18 nitrogen and oxygen atoms in total. The molecule has 2 bridgehead atoms. The molecule has 1 aliphatic carbocycles. The van der Waals surface area contributed by atoms with E-state index in [1.54, 1.807) is 0 Å². The number of nitrogen functional groups attached to an aromatic ring is 1. The van der Waals surface area contributed by atoms with Crippen molar-refractivity contribution >= 4 is 39.9 Å². The van der Waals surface area contributed by atoms with Crippen LogP contribution in [0.1, 0.15) is 19.1 Å². The molecule has 3 fully saturated rings. The summed E-state index contributed by atoms with van der Waals surface area (Å²) in [6, 6.07) is -0.161. The van der Waals surface area contributed by atoms with Gasteiger partial charge in [-0.15, -0.1) is 0 Å². The Kier molecular flexibility index (Phi) is 7.30. The van der Waals surface area contributed by atoms with Gasteiger partial charge in [0.05, 0.1) is 25.6 Å². The van der Waals surface area contributed by atoms with Crippen LogP contribution in [0.25, 0.3) is 11.2 Å². The first-order valence-corrected chi connectivity index (χ1v) is 14.2. The highest BCUT2D eigenvalue weighted by molar-refractivity contribution is 7.47. The van der Waals surface area contributed by atoms with Crippen LogP contribution in [0, 0.1) is 5.92 Å². The van der Waals surface area contributed by atoms with Crippen molar-refractivity contribution in [1.29, 1.82) is 0 Å². The van der Waals surface area contributed by atoms with Crippen LogP contribution in [-0.2, 0) is 27.4 Å². The normalized spacial score (nSPS) is 36.2. The summed E-state index contributed by atoms with van der Waals surface area (Å²) in [5, 5.41) is 14.1. The van der Waals surface area contributed by atoms with Gasteiger partial charge < -0.3 is 34.8 Å². The molecule has 3 aromatic heterocycles. The molecular formula is C19H25N9O9P2. The van der Waals surface area contributed by atoms with Gasteiger partial charge >= 0.3 is 7.82 Å². The third-order valence-electron chi connectivity index (χ3n) is 6.71. The molecule has 0 amide bonds. The Balaban J connectivity index is 1.21. The Labute approximate surface area is 221 Å². The molecule has 210 valence electrons. The number of hydrogen-bond donors (Lipinski definition) is 5. The van der Waals surface area contributed by atoms with Crippen molar-refractivity contribution in [2.24, 2.45) is 5.92 Å². The minimum absolute atomic E-state index is 0.00899. The molecule has 6 N–H and O–H groups in total. The molecular weight excluding hydrogens is 560 g/mol. The van der Waals surface area contributed by atoms with Crippen LogP contribution in [0.15, 0.2) is 23.8 Å². The van der Waals surface area contributed by atoms with Gasteiger partial charge in [0, 0.05) is 12.0 Å². The largest absolute Gasteiger partial charge is 0.472 e. The molecule has 0 aromatic carbocycles. The van der Waals surface area contributed by atoms with E-state index >= 15 is 0 Å². The maximum absolute atomic E-state index is 12.9. The van der Waals surface area contributed by atoms with Crippen LogP contribution in [0.4, 0.5) is 11.9 Å². The molecule has 0 radical (unpaired) electrons. The zero-order valence-electron chi connectivity index (χ0n) is 20.1. The molecule has 20 heteroatoms. The number of hydrogen-bond acceptors (Lipinski definition) is 15. The minimum Gasteiger partial charge on any atom is -0.387 e. The first-order valence-electron chi connectivity index (χ1n) is 11.9. The second-order valence-electron chi connectivity index (χ2n) is 9.25.